The maximum Gasteiger partial charge on any atom is 0.0639 e. The van der Waals surface area contributed by atoms with Crippen molar-refractivity contribution < 1.29 is 10.2 Å². The molecule has 4 nitrogen and oxygen atoms in total. The molecule has 0 amide bonds. The van der Waals surface area contributed by atoms with Gasteiger partial charge in [0.15, 0.2) is 0 Å². The Bertz CT molecular complexity index is 187. The molecule has 1 rings (SSSR count). The van der Waals surface area contributed by atoms with Crippen LogP contribution in [0.3, 0.4) is 0 Å². The van der Waals surface area contributed by atoms with Gasteiger partial charge >= 0.3 is 0 Å². The SMILES string of the molecule is C[C@H](O)CN1C[C@H](C)N(C[C@H](C)O)C[C@@H]1C. The third-order valence-corrected chi connectivity index (χ3v) is 3.24. The van der Waals surface area contributed by atoms with Crippen LogP contribution >= 0.6 is 0 Å². The predicted molar refractivity (Wildman–Crippen MR) is 65.4 cm³/mol. The van der Waals surface area contributed by atoms with Crippen molar-refractivity contribution in [2.45, 2.75) is 52.0 Å². The van der Waals surface area contributed by atoms with E-state index < -0.39 is 0 Å². The third kappa shape index (κ3) is 4.01. The largest absolute Gasteiger partial charge is 0.392 e. The fourth-order valence-corrected chi connectivity index (χ4v) is 2.46. The first-order chi connectivity index (χ1) is 7.40. The van der Waals surface area contributed by atoms with E-state index in [1.807, 2.05) is 13.8 Å². The summed E-state index contributed by atoms with van der Waals surface area (Å²) in [7, 11) is 0. The summed E-state index contributed by atoms with van der Waals surface area (Å²) in [4.78, 5) is 4.65. The Morgan fingerprint density at radius 3 is 1.50 bits per heavy atom. The summed E-state index contributed by atoms with van der Waals surface area (Å²) in [5.74, 6) is 0. The first-order valence-corrected chi connectivity index (χ1v) is 6.24. The van der Waals surface area contributed by atoms with Crippen LogP contribution < -0.4 is 0 Å². The molecule has 1 heterocycles. The van der Waals surface area contributed by atoms with E-state index in [-0.39, 0.29) is 12.2 Å². The topological polar surface area (TPSA) is 46.9 Å². The summed E-state index contributed by atoms with van der Waals surface area (Å²) >= 11 is 0. The van der Waals surface area contributed by atoms with Gasteiger partial charge in [-0.05, 0) is 27.7 Å². The molecule has 0 aromatic rings. The Morgan fingerprint density at radius 1 is 0.938 bits per heavy atom. The highest BCUT2D eigenvalue weighted by molar-refractivity contribution is 4.85. The molecular weight excluding hydrogens is 204 g/mol. The Labute approximate surface area is 98.9 Å². The first kappa shape index (κ1) is 13.9. The van der Waals surface area contributed by atoms with Gasteiger partial charge in [-0.3, -0.25) is 9.80 Å². The fraction of sp³-hybridized carbons (Fsp3) is 1.00. The second-order valence-electron chi connectivity index (χ2n) is 5.30. The first-order valence-electron chi connectivity index (χ1n) is 6.24. The highest BCUT2D eigenvalue weighted by Gasteiger charge is 2.29. The van der Waals surface area contributed by atoms with Gasteiger partial charge in [0, 0.05) is 38.3 Å². The second-order valence-corrected chi connectivity index (χ2v) is 5.30. The fourth-order valence-electron chi connectivity index (χ4n) is 2.46. The van der Waals surface area contributed by atoms with Crippen molar-refractivity contribution in [2.24, 2.45) is 0 Å². The van der Waals surface area contributed by atoms with E-state index in [1.165, 1.54) is 0 Å². The maximum atomic E-state index is 9.42. The molecule has 4 atom stereocenters. The Hall–Kier alpha value is -0.160. The van der Waals surface area contributed by atoms with Crippen LogP contribution in [0, 0.1) is 0 Å². The van der Waals surface area contributed by atoms with Crippen molar-refractivity contribution in [1.82, 2.24) is 9.80 Å². The Balaban J connectivity index is 2.49. The maximum absolute atomic E-state index is 9.42. The molecule has 1 aliphatic heterocycles. The molecule has 0 saturated carbocycles. The lowest BCUT2D eigenvalue weighted by atomic mass is 10.1. The molecule has 2 N–H and O–H groups in total. The Morgan fingerprint density at radius 2 is 1.25 bits per heavy atom. The smallest absolute Gasteiger partial charge is 0.0639 e. The molecule has 1 saturated heterocycles. The Kier molecular flexibility index (Phi) is 5.18. The van der Waals surface area contributed by atoms with Crippen molar-refractivity contribution in [3.63, 3.8) is 0 Å². The van der Waals surface area contributed by atoms with Gasteiger partial charge in [0.25, 0.3) is 0 Å². The van der Waals surface area contributed by atoms with Crippen LogP contribution in [0.1, 0.15) is 27.7 Å². The third-order valence-electron chi connectivity index (χ3n) is 3.24. The molecular formula is C12H26N2O2. The lowest BCUT2D eigenvalue weighted by molar-refractivity contribution is -0.00115. The van der Waals surface area contributed by atoms with Crippen LogP contribution in [-0.4, -0.2) is 70.5 Å². The molecule has 0 aliphatic carbocycles. The summed E-state index contributed by atoms with van der Waals surface area (Å²) in [6.07, 6.45) is -0.532. The standard InChI is InChI=1S/C12H26N2O2/c1-9-5-14(8-12(4)16)10(2)6-13(9)7-11(3)15/h9-12,15-16H,5-8H2,1-4H3/t9-,10-,11-,12-/m0/s1. The average Bonchev–Trinajstić information content (AvgIpc) is 2.11. The molecule has 0 radical (unpaired) electrons. The summed E-state index contributed by atoms with van der Waals surface area (Å²) in [5.41, 5.74) is 0. The van der Waals surface area contributed by atoms with Gasteiger partial charge < -0.3 is 10.2 Å². The van der Waals surface area contributed by atoms with Crippen LogP contribution in [0.15, 0.2) is 0 Å². The number of nitrogens with zero attached hydrogens (tertiary/aromatic N) is 2. The molecule has 0 aromatic carbocycles. The number of aliphatic hydroxyl groups is 2. The second kappa shape index (κ2) is 5.96. The van der Waals surface area contributed by atoms with E-state index in [9.17, 15) is 10.2 Å². The zero-order valence-corrected chi connectivity index (χ0v) is 10.9. The minimum atomic E-state index is -0.266. The highest BCUT2D eigenvalue weighted by Crippen LogP contribution is 2.15. The molecule has 1 aliphatic rings. The summed E-state index contributed by atoms with van der Waals surface area (Å²) in [6, 6.07) is 0.897. The lowest BCUT2D eigenvalue weighted by Crippen LogP contribution is -2.58. The van der Waals surface area contributed by atoms with Gasteiger partial charge in [0.2, 0.25) is 0 Å². The number of β-amino-alcohol motifs (C(OH)–C–C–N with tert-alkyl or cyclic N) is 2. The number of hydrogen-bond donors (Lipinski definition) is 2. The summed E-state index contributed by atoms with van der Waals surface area (Å²) in [5, 5.41) is 18.8. The van der Waals surface area contributed by atoms with Crippen LogP contribution in [0.5, 0.6) is 0 Å². The molecule has 16 heavy (non-hydrogen) atoms. The number of piperazine rings is 1. The highest BCUT2D eigenvalue weighted by atomic mass is 16.3. The van der Waals surface area contributed by atoms with E-state index in [0.717, 1.165) is 26.2 Å². The molecule has 96 valence electrons. The van der Waals surface area contributed by atoms with E-state index in [4.69, 9.17) is 0 Å². The van der Waals surface area contributed by atoms with Crippen molar-refractivity contribution in [3.05, 3.63) is 0 Å². The molecule has 0 unspecified atom stereocenters. The zero-order chi connectivity index (χ0) is 12.3. The number of aliphatic hydroxyl groups excluding tert-OH is 2. The molecule has 0 bridgehead atoms. The van der Waals surface area contributed by atoms with Crippen molar-refractivity contribution in [3.8, 4) is 0 Å². The molecule has 0 aromatic heterocycles. The van der Waals surface area contributed by atoms with Crippen molar-refractivity contribution in [2.75, 3.05) is 26.2 Å². The van der Waals surface area contributed by atoms with Crippen LogP contribution in [0.25, 0.3) is 0 Å². The van der Waals surface area contributed by atoms with Gasteiger partial charge in [-0.1, -0.05) is 0 Å². The van der Waals surface area contributed by atoms with Crippen molar-refractivity contribution >= 4 is 0 Å². The summed E-state index contributed by atoms with van der Waals surface area (Å²) < 4.78 is 0. The van der Waals surface area contributed by atoms with E-state index in [0.29, 0.717) is 12.1 Å². The van der Waals surface area contributed by atoms with Gasteiger partial charge in [-0.2, -0.15) is 0 Å². The molecule has 0 spiro atoms. The molecule has 1 fully saturated rings. The minimum Gasteiger partial charge on any atom is -0.392 e. The average molecular weight is 230 g/mol. The normalized spacial score (nSPS) is 32.6. The minimum absolute atomic E-state index is 0.266. The zero-order valence-electron chi connectivity index (χ0n) is 10.9. The predicted octanol–water partition coefficient (Wildman–Crippen LogP) is 0.143. The van der Waals surface area contributed by atoms with Crippen molar-refractivity contribution in [1.29, 1.82) is 0 Å². The van der Waals surface area contributed by atoms with Gasteiger partial charge in [-0.15, -0.1) is 0 Å². The lowest BCUT2D eigenvalue weighted by Gasteiger charge is -2.45. The van der Waals surface area contributed by atoms with E-state index >= 15 is 0 Å². The van der Waals surface area contributed by atoms with Gasteiger partial charge in [0.05, 0.1) is 12.2 Å². The number of rotatable bonds is 4. The molecule has 4 heteroatoms. The van der Waals surface area contributed by atoms with E-state index in [1.54, 1.807) is 0 Å². The van der Waals surface area contributed by atoms with Crippen LogP contribution in [-0.2, 0) is 0 Å². The summed E-state index contributed by atoms with van der Waals surface area (Å²) in [6.45, 7) is 11.5. The van der Waals surface area contributed by atoms with Gasteiger partial charge in [0.1, 0.15) is 0 Å². The van der Waals surface area contributed by atoms with Crippen LogP contribution in [0.2, 0.25) is 0 Å². The quantitative estimate of drug-likeness (QED) is 0.721. The monoisotopic (exact) mass is 230 g/mol. The van der Waals surface area contributed by atoms with Gasteiger partial charge in [-0.25, -0.2) is 0 Å². The van der Waals surface area contributed by atoms with Crippen LogP contribution in [0.4, 0.5) is 0 Å². The van der Waals surface area contributed by atoms with E-state index in [2.05, 4.69) is 23.6 Å². The number of hydrogen-bond acceptors (Lipinski definition) is 4.